The summed E-state index contributed by atoms with van der Waals surface area (Å²) in [6.45, 7) is 2.00. The fourth-order valence-corrected chi connectivity index (χ4v) is 2.52. The Morgan fingerprint density at radius 2 is 2.43 bits per heavy atom. The van der Waals surface area contributed by atoms with Gasteiger partial charge in [0.2, 0.25) is 0 Å². The first-order valence-corrected chi connectivity index (χ1v) is 7.08. The molecule has 2 heterocycles. The van der Waals surface area contributed by atoms with Gasteiger partial charge in [-0.05, 0) is 30.9 Å². The van der Waals surface area contributed by atoms with Gasteiger partial charge in [0.25, 0.3) is 5.91 Å². The van der Waals surface area contributed by atoms with Gasteiger partial charge in [-0.3, -0.25) is 4.79 Å². The number of piperidine rings is 1. The minimum atomic E-state index is -0.185. The van der Waals surface area contributed by atoms with Gasteiger partial charge in [-0.15, -0.1) is 0 Å². The number of hydrogen-bond donors (Lipinski definition) is 1. The summed E-state index contributed by atoms with van der Waals surface area (Å²) >= 11 is 0. The van der Waals surface area contributed by atoms with Gasteiger partial charge in [0, 0.05) is 32.0 Å². The molecule has 5 heteroatoms. The molecule has 0 spiro atoms. The molecule has 1 N–H and O–H groups in total. The maximum Gasteiger partial charge on any atom is 0.272 e. The van der Waals surface area contributed by atoms with Crippen LogP contribution in [-0.4, -0.2) is 54.3 Å². The third-order valence-corrected chi connectivity index (χ3v) is 3.50. The fourth-order valence-electron chi connectivity index (χ4n) is 2.52. The normalized spacial score (nSPS) is 18.0. The van der Waals surface area contributed by atoms with Crippen LogP contribution in [0.15, 0.2) is 18.3 Å². The van der Waals surface area contributed by atoms with E-state index in [2.05, 4.69) is 16.8 Å². The zero-order chi connectivity index (χ0) is 15.1. The molecule has 0 saturated carbocycles. The number of hydrogen-bond acceptors (Lipinski definition) is 4. The molecule has 1 aliphatic rings. The van der Waals surface area contributed by atoms with Gasteiger partial charge in [-0.2, -0.15) is 0 Å². The lowest BCUT2D eigenvalue weighted by Crippen LogP contribution is -2.41. The molecule has 1 unspecified atom stereocenters. The van der Waals surface area contributed by atoms with Crippen LogP contribution in [0.4, 0.5) is 0 Å². The van der Waals surface area contributed by atoms with Crippen LogP contribution in [0.3, 0.4) is 0 Å². The third kappa shape index (κ3) is 4.28. The monoisotopic (exact) mass is 288 g/mol. The van der Waals surface area contributed by atoms with E-state index < -0.39 is 0 Å². The number of rotatable bonds is 3. The number of likely N-dealkylation sites (tertiary alicyclic amines) is 1. The van der Waals surface area contributed by atoms with Crippen LogP contribution in [0, 0.1) is 17.8 Å². The summed E-state index contributed by atoms with van der Waals surface area (Å²) in [7, 11) is 1.69. The van der Waals surface area contributed by atoms with Crippen LogP contribution in [0.1, 0.15) is 28.9 Å². The van der Waals surface area contributed by atoms with Crippen molar-refractivity contribution >= 4 is 5.91 Å². The van der Waals surface area contributed by atoms with E-state index in [1.54, 1.807) is 25.4 Å². The lowest BCUT2D eigenvalue weighted by atomic mass is 9.98. The molecule has 0 aromatic carbocycles. The highest BCUT2D eigenvalue weighted by molar-refractivity contribution is 5.92. The fraction of sp³-hybridized carbons (Fsp3) is 0.500. The smallest absolute Gasteiger partial charge is 0.272 e. The summed E-state index contributed by atoms with van der Waals surface area (Å²) in [6, 6.07) is 3.43. The van der Waals surface area contributed by atoms with Crippen molar-refractivity contribution in [3.8, 4) is 11.8 Å². The molecular weight excluding hydrogens is 268 g/mol. The summed E-state index contributed by atoms with van der Waals surface area (Å²) in [6.07, 6.45) is 3.66. The average molecular weight is 288 g/mol. The number of nitrogens with zero attached hydrogens (tertiary/aromatic N) is 2. The number of aromatic nitrogens is 1. The van der Waals surface area contributed by atoms with Crippen molar-refractivity contribution < 1.29 is 14.6 Å². The minimum Gasteiger partial charge on any atom is -0.384 e. The second kappa shape index (κ2) is 7.77. The van der Waals surface area contributed by atoms with Gasteiger partial charge in [-0.25, -0.2) is 4.98 Å². The van der Waals surface area contributed by atoms with E-state index in [0.29, 0.717) is 23.8 Å². The molecule has 1 aliphatic heterocycles. The molecule has 21 heavy (non-hydrogen) atoms. The van der Waals surface area contributed by atoms with E-state index in [9.17, 15) is 4.79 Å². The predicted octanol–water partition coefficient (Wildman–Crippen LogP) is 0.924. The first kappa shape index (κ1) is 15.5. The first-order valence-electron chi connectivity index (χ1n) is 7.08. The Hall–Kier alpha value is -1.90. The third-order valence-electron chi connectivity index (χ3n) is 3.50. The maximum absolute atomic E-state index is 12.4. The number of carbonyl (C=O) groups excluding carboxylic acids is 1. The highest BCUT2D eigenvalue weighted by atomic mass is 16.5. The van der Waals surface area contributed by atoms with E-state index in [0.717, 1.165) is 25.9 Å². The quantitative estimate of drug-likeness (QED) is 0.840. The Morgan fingerprint density at radius 3 is 3.10 bits per heavy atom. The Kier molecular flexibility index (Phi) is 5.73. The lowest BCUT2D eigenvalue weighted by molar-refractivity contribution is 0.0565. The number of aliphatic hydroxyl groups is 1. The van der Waals surface area contributed by atoms with Crippen LogP contribution < -0.4 is 0 Å². The first-order chi connectivity index (χ1) is 10.2. The highest BCUT2D eigenvalue weighted by Gasteiger charge is 2.24. The SMILES string of the molecule is COCC1CCCN(C(=O)c2ccc(C#CCO)cn2)C1. The summed E-state index contributed by atoms with van der Waals surface area (Å²) in [4.78, 5) is 18.4. The summed E-state index contributed by atoms with van der Waals surface area (Å²) in [5.74, 6) is 5.67. The number of amides is 1. The van der Waals surface area contributed by atoms with E-state index in [-0.39, 0.29) is 12.5 Å². The summed E-state index contributed by atoms with van der Waals surface area (Å²) in [5, 5.41) is 8.64. The van der Waals surface area contributed by atoms with Crippen molar-refractivity contribution in [2.75, 3.05) is 33.4 Å². The second-order valence-electron chi connectivity index (χ2n) is 5.11. The van der Waals surface area contributed by atoms with Gasteiger partial charge >= 0.3 is 0 Å². The molecular formula is C16H20N2O3. The van der Waals surface area contributed by atoms with Crippen LogP contribution in [0.2, 0.25) is 0 Å². The lowest BCUT2D eigenvalue weighted by Gasteiger charge is -2.32. The topological polar surface area (TPSA) is 62.7 Å². The molecule has 0 bridgehead atoms. The van der Waals surface area contributed by atoms with Crippen molar-refractivity contribution in [2.45, 2.75) is 12.8 Å². The second-order valence-corrected chi connectivity index (χ2v) is 5.11. The largest absolute Gasteiger partial charge is 0.384 e. The number of pyridine rings is 1. The molecule has 5 nitrogen and oxygen atoms in total. The highest BCUT2D eigenvalue weighted by Crippen LogP contribution is 2.18. The molecule has 1 amide bonds. The molecule has 1 aromatic heterocycles. The van der Waals surface area contributed by atoms with Gasteiger partial charge in [0.1, 0.15) is 12.3 Å². The standard InChI is InChI=1S/C16H20N2O3/c1-21-12-14-4-2-8-18(11-14)16(20)15-7-6-13(10-17-15)5-3-9-19/h6-7,10,14,19H,2,4,8-9,11-12H2,1H3. The van der Waals surface area contributed by atoms with Gasteiger partial charge in [0.15, 0.2) is 0 Å². The van der Waals surface area contributed by atoms with Crippen LogP contribution in [0.25, 0.3) is 0 Å². The molecule has 1 saturated heterocycles. The Bertz CT molecular complexity index is 529. The number of methoxy groups -OCH3 is 1. The van der Waals surface area contributed by atoms with Crippen molar-refractivity contribution in [3.63, 3.8) is 0 Å². The average Bonchev–Trinajstić information content (AvgIpc) is 2.53. The van der Waals surface area contributed by atoms with E-state index >= 15 is 0 Å². The molecule has 1 fully saturated rings. The maximum atomic E-state index is 12.4. The zero-order valence-corrected chi connectivity index (χ0v) is 12.2. The van der Waals surface area contributed by atoms with Crippen molar-refractivity contribution in [3.05, 3.63) is 29.6 Å². The van der Waals surface area contributed by atoms with Crippen molar-refractivity contribution in [1.29, 1.82) is 0 Å². The van der Waals surface area contributed by atoms with Gasteiger partial charge in [0.05, 0.1) is 6.61 Å². The van der Waals surface area contributed by atoms with E-state index in [4.69, 9.17) is 9.84 Å². The van der Waals surface area contributed by atoms with Gasteiger partial charge in [-0.1, -0.05) is 11.8 Å². The Balaban J connectivity index is 2.02. The molecule has 112 valence electrons. The minimum absolute atomic E-state index is 0.0440. The van der Waals surface area contributed by atoms with Crippen molar-refractivity contribution in [1.82, 2.24) is 9.88 Å². The number of aliphatic hydroxyl groups excluding tert-OH is 1. The van der Waals surface area contributed by atoms with Crippen LogP contribution >= 0.6 is 0 Å². The van der Waals surface area contributed by atoms with Crippen molar-refractivity contribution in [2.24, 2.45) is 5.92 Å². The van der Waals surface area contributed by atoms with Crippen LogP contribution in [-0.2, 0) is 4.74 Å². The molecule has 1 atom stereocenters. The molecule has 0 radical (unpaired) electrons. The van der Waals surface area contributed by atoms with Crippen LogP contribution in [0.5, 0.6) is 0 Å². The molecule has 0 aliphatic carbocycles. The number of ether oxygens (including phenoxy) is 1. The molecule has 2 rings (SSSR count). The number of carbonyl (C=O) groups is 1. The zero-order valence-electron chi connectivity index (χ0n) is 12.2. The van der Waals surface area contributed by atoms with Gasteiger partial charge < -0.3 is 14.7 Å². The molecule has 1 aromatic rings. The van der Waals surface area contributed by atoms with E-state index in [1.165, 1.54) is 0 Å². The summed E-state index contributed by atoms with van der Waals surface area (Å²) in [5.41, 5.74) is 1.12. The van der Waals surface area contributed by atoms with E-state index in [1.807, 2.05) is 4.90 Å². The Morgan fingerprint density at radius 1 is 1.57 bits per heavy atom. The Labute approximate surface area is 124 Å². The summed E-state index contributed by atoms with van der Waals surface area (Å²) < 4.78 is 5.18. The predicted molar refractivity (Wildman–Crippen MR) is 78.7 cm³/mol.